The Kier molecular flexibility index (Phi) is 6.73. The van der Waals surface area contributed by atoms with Crippen LogP contribution in [0.1, 0.15) is 59.7 Å². The zero-order valence-electron chi connectivity index (χ0n) is 13.9. The number of carbonyl (C=O) groups excluding carboxylic acids is 3. The number of aldehydes is 1. The van der Waals surface area contributed by atoms with Crippen molar-refractivity contribution >= 4 is 18.2 Å². The standard InChI is InChI=1S/C19H23NO4/c1-14(18(22)20-12-11-15-5-3-2-4-6-15)24-19(23)17-9-7-16(13-21)8-10-17/h5,7-10,13-14H,2-4,6,11-12H2,1H3,(H,20,22)/t14-/m0/s1. The van der Waals surface area contributed by atoms with Gasteiger partial charge in [-0.05, 0) is 51.2 Å². The second-order valence-electron chi connectivity index (χ2n) is 5.94. The SMILES string of the molecule is C[C@H](OC(=O)c1ccc(C=O)cc1)C(=O)NCCC1=CCCCC1. The summed E-state index contributed by atoms with van der Waals surface area (Å²) >= 11 is 0. The van der Waals surface area contributed by atoms with Crippen LogP contribution in [0.3, 0.4) is 0 Å². The number of carbonyl (C=O) groups is 3. The van der Waals surface area contributed by atoms with Gasteiger partial charge in [0.1, 0.15) is 6.29 Å². The van der Waals surface area contributed by atoms with Gasteiger partial charge < -0.3 is 10.1 Å². The molecule has 0 spiro atoms. The Labute approximate surface area is 142 Å². The molecule has 5 nitrogen and oxygen atoms in total. The van der Waals surface area contributed by atoms with Crippen LogP contribution >= 0.6 is 0 Å². The van der Waals surface area contributed by atoms with E-state index in [-0.39, 0.29) is 5.91 Å². The van der Waals surface area contributed by atoms with Crippen LogP contribution in [0.2, 0.25) is 0 Å². The van der Waals surface area contributed by atoms with Crippen LogP contribution in [0.5, 0.6) is 0 Å². The van der Waals surface area contributed by atoms with Gasteiger partial charge >= 0.3 is 5.97 Å². The molecule has 24 heavy (non-hydrogen) atoms. The van der Waals surface area contributed by atoms with Gasteiger partial charge in [-0.25, -0.2) is 4.79 Å². The molecule has 0 radical (unpaired) electrons. The van der Waals surface area contributed by atoms with Gasteiger partial charge in [0.05, 0.1) is 5.56 Å². The molecule has 0 aromatic heterocycles. The molecule has 128 valence electrons. The van der Waals surface area contributed by atoms with Crippen molar-refractivity contribution in [2.24, 2.45) is 0 Å². The third kappa shape index (κ3) is 5.33. The highest BCUT2D eigenvalue weighted by atomic mass is 16.5. The summed E-state index contributed by atoms with van der Waals surface area (Å²) in [7, 11) is 0. The number of ether oxygens (including phenoxy) is 1. The van der Waals surface area contributed by atoms with Crippen LogP contribution in [0.4, 0.5) is 0 Å². The van der Waals surface area contributed by atoms with Gasteiger partial charge in [0.25, 0.3) is 5.91 Å². The molecular weight excluding hydrogens is 306 g/mol. The maximum atomic E-state index is 12.0. The Morgan fingerprint density at radius 3 is 2.62 bits per heavy atom. The molecule has 0 saturated carbocycles. The summed E-state index contributed by atoms with van der Waals surface area (Å²) in [4.78, 5) is 34.6. The maximum absolute atomic E-state index is 12.0. The molecule has 5 heteroatoms. The highest BCUT2D eigenvalue weighted by molar-refractivity contribution is 5.92. The lowest BCUT2D eigenvalue weighted by molar-refractivity contribution is -0.129. The summed E-state index contributed by atoms with van der Waals surface area (Å²) in [5.41, 5.74) is 2.18. The lowest BCUT2D eigenvalue weighted by Gasteiger charge is -2.15. The molecule has 1 N–H and O–H groups in total. The summed E-state index contributed by atoms with van der Waals surface area (Å²) in [6.07, 6.45) is 7.64. The summed E-state index contributed by atoms with van der Waals surface area (Å²) < 4.78 is 5.16. The molecule has 1 aliphatic rings. The first-order chi connectivity index (χ1) is 11.6. The molecule has 0 fully saturated rings. The Hall–Kier alpha value is -2.43. The monoisotopic (exact) mass is 329 g/mol. The second-order valence-corrected chi connectivity index (χ2v) is 5.94. The molecule has 0 unspecified atom stereocenters. The number of amides is 1. The van der Waals surface area contributed by atoms with E-state index in [0.717, 1.165) is 19.3 Å². The maximum Gasteiger partial charge on any atom is 0.338 e. The van der Waals surface area contributed by atoms with Crippen LogP contribution in [0, 0.1) is 0 Å². The number of hydrogen-bond acceptors (Lipinski definition) is 4. The molecule has 2 rings (SSSR count). The Morgan fingerprint density at radius 2 is 2.00 bits per heavy atom. The summed E-state index contributed by atoms with van der Waals surface area (Å²) in [5.74, 6) is -0.880. The zero-order valence-corrected chi connectivity index (χ0v) is 13.9. The van der Waals surface area contributed by atoms with Crippen LogP contribution in [0.25, 0.3) is 0 Å². The number of allylic oxidation sites excluding steroid dienone is 1. The quantitative estimate of drug-likeness (QED) is 0.474. The predicted octanol–water partition coefficient (Wildman–Crippen LogP) is 3.05. The smallest absolute Gasteiger partial charge is 0.338 e. The lowest BCUT2D eigenvalue weighted by atomic mass is 9.97. The third-order valence-electron chi connectivity index (χ3n) is 4.07. The molecule has 1 aromatic rings. The van der Waals surface area contributed by atoms with E-state index in [1.165, 1.54) is 42.7 Å². The fourth-order valence-corrected chi connectivity index (χ4v) is 2.60. The highest BCUT2D eigenvalue weighted by Crippen LogP contribution is 2.19. The molecule has 1 aromatic carbocycles. The molecule has 0 heterocycles. The Bertz CT molecular complexity index is 619. The average molecular weight is 329 g/mol. The number of hydrogen-bond donors (Lipinski definition) is 1. The lowest BCUT2D eigenvalue weighted by Crippen LogP contribution is -2.36. The van der Waals surface area contributed by atoms with E-state index in [0.29, 0.717) is 24.0 Å². The van der Waals surface area contributed by atoms with Gasteiger partial charge in [0, 0.05) is 12.1 Å². The summed E-state index contributed by atoms with van der Waals surface area (Å²) in [5, 5.41) is 2.80. The van der Waals surface area contributed by atoms with Crippen LogP contribution < -0.4 is 5.32 Å². The molecule has 1 aliphatic carbocycles. The first-order valence-electron chi connectivity index (χ1n) is 8.32. The van der Waals surface area contributed by atoms with E-state index in [1.54, 1.807) is 6.92 Å². The first-order valence-corrected chi connectivity index (χ1v) is 8.32. The fourth-order valence-electron chi connectivity index (χ4n) is 2.60. The Morgan fingerprint density at radius 1 is 1.25 bits per heavy atom. The van der Waals surface area contributed by atoms with Crippen molar-refractivity contribution in [3.05, 3.63) is 47.0 Å². The minimum Gasteiger partial charge on any atom is -0.449 e. The third-order valence-corrected chi connectivity index (χ3v) is 4.07. The number of nitrogens with one attached hydrogen (secondary N) is 1. The van der Waals surface area contributed by atoms with Crippen LogP contribution in [-0.4, -0.2) is 30.8 Å². The van der Waals surface area contributed by atoms with Crippen molar-refractivity contribution in [3.63, 3.8) is 0 Å². The van der Waals surface area contributed by atoms with Gasteiger partial charge in [-0.1, -0.05) is 23.8 Å². The summed E-state index contributed by atoms with van der Waals surface area (Å²) in [6, 6.07) is 6.08. The van der Waals surface area contributed by atoms with Gasteiger partial charge in [0.15, 0.2) is 6.10 Å². The molecule has 0 aliphatic heterocycles. The van der Waals surface area contributed by atoms with Crippen LogP contribution in [0.15, 0.2) is 35.9 Å². The highest BCUT2D eigenvalue weighted by Gasteiger charge is 2.18. The van der Waals surface area contributed by atoms with Crippen LogP contribution in [-0.2, 0) is 9.53 Å². The fraction of sp³-hybridized carbons (Fsp3) is 0.421. The van der Waals surface area contributed by atoms with E-state index in [9.17, 15) is 14.4 Å². The normalized spacial score (nSPS) is 15.1. The number of benzene rings is 1. The average Bonchev–Trinajstić information content (AvgIpc) is 2.62. The van der Waals surface area contributed by atoms with Crippen molar-refractivity contribution < 1.29 is 19.1 Å². The van der Waals surface area contributed by atoms with E-state index < -0.39 is 12.1 Å². The molecule has 0 saturated heterocycles. The second kappa shape index (κ2) is 9.01. The van der Waals surface area contributed by atoms with E-state index >= 15 is 0 Å². The first kappa shape index (κ1) is 17.9. The minimum absolute atomic E-state index is 0.302. The van der Waals surface area contributed by atoms with Crippen molar-refractivity contribution in [3.8, 4) is 0 Å². The van der Waals surface area contributed by atoms with Gasteiger partial charge in [-0.3, -0.25) is 9.59 Å². The van der Waals surface area contributed by atoms with E-state index in [4.69, 9.17) is 4.74 Å². The number of rotatable bonds is 7. The molecular formula is C19H23NO4. The van der Waals surface area contributed by atoms with Gasteiger partial charge in [-0.2, -0.15) is 0 Å². The predicted molar refractivity (Wildman–Crippen MR) is 90.9 cm³/mol. The van der Waals surface area contributed by atoms with E-state index in [2.05, 4.69) is 11.4 Å². The van der Waals surface area contributed by atoms with Crippen molar-refractivity contribution in [1.29, 1.82) is 0 Å². The molecule has 0 bridgehead atoms. The van der Waals surface area contributed by atoms with Crippen molar-refractivity contribution in [2.75, 3.05) is 6.54 Å². The minimum atomic E-state index is -0.858. The summed E-state index contributed by atoms with van der Waals surface area (Å²) in [6.45, 7) is 2.10. The van der Waals surface area contributed by atoms with Crippen molar-refractivity contribution in [2.45, 2.75) is 45.1 Å². The Balaban J connectivity index is 1.76. The number of esters is 1. The van der Waals surface area contributed by atoms with Gasteiger partial charge in [-0.15, -0.1) is 0 Å². The molecule has 1 amide bonds. The molecule has 1 atom stereocenters. The largest absolute Gasteiger partial charge is 0.449 e. The topological polar surface area (TPSA) is 72.5 Å². The van der Waals surface area contributed by atoms with Crippen molar-refractivity contribution in [1.82, 2.24) is 5.32 Å². The van der Waals surface area contributed by atoms with E-state index in [1.807, 2.05) is 0 Å². The zero-order chi connectivity index (χ0) is 17.4. The van der Waals surface area contributed by atoms with Gasteiger partial charge in [0.2, 0.25) is 0 Å².